The minimum atomic E-state index is -4.53. The van der Waals surface area contributed by atoms with E-state index in [2.05, 4.69) is 10.2 Å². The third-order valence-electron chi connectivity index (χ3n) is 5.98. The van der Waals surface area contributed by atoms with E-state index in [-0.39, 0.29) is 47.3 Å². The first kappa shape index (κ1) is 29.6. The molecular formula is C28H25F4N3O5S. The van der Waals surface area contributed by atoms with Gasteiger partial charge in [-0.05, 0) is 53.6 Å². The van der Waals surface area contributed by atoms with Gasteiger partial charge in [0.15, 0.2) is 11.6 Å². The van der Waals surface area contributed by atoms with Crippen molar-refractivity contribution in [2.75, 3.05) is 24.8 Å². The average molecular weight is 592 g/mol. The zero-order chi connectivity index (χ0) is 29.8. The zero-order valence-electron chi connectivity index (χ0n) is 22.1. The third-order valence-corrected chi connectivity index (χ3v) is 7.10. The summed E-state index contributed by atoms with van der Waals surface area (Å²) in [5, 5.41) is 7.96. The number of hydrogen-bond acceptors (Lipinski definition) is 7. The first-order chi connectivity index (χ1) is 19.4. The van der Waals surface area contributed by atoms with Crippen molar-refractivity contribution in [1.82, 2.24) is 10.2 Å². The molecule has 3 aromatic carbocycles. The Balaban J connectivity index is 1.67. The summed E-state index contributed by atoms with van der Waals surface area (Å²) in [5.74, 6) is -0.607. The highest BCUT2D eigenvalue weighted by Gasteiger charge is 2.30. The number of methoxy groups -OCH3 is 2. The van der Waals surface area contributed by atoms with Crippen LogP contribution in [-0.2, 0) is 29.4 Å². The van der Waals surface area contributed by atoms with Gasteiger partial charge in [-0.1, -0.05) is 30.3 Å². The maximum absolute atomic E-state index is 15.5. The first-order valence-electron chi connectivity index (χ1n) is 12.0. The first-order valence-corrected chi connectivity index (χ1v) is 13.9. The lowest BCUT2D eigenvalue weighted by molar-refractivity contribution is -0.137. The van der Waals surface area contributed by atoms with Gasteiger partial charge in [0.1, 0.15) is 18.0 Å². The van der Waals surface area contributed by atoms with Crippen LogP contribution in [0.2, 0.25) is 0 Å². The molecule has 0 bridgehead atoms. The minimum Gasteiger partial charge on any atom is -0.497 e. The highest BCUT2D eigenvalue weighted by atomic mass is 32.2. The van der Waals surface area contributed by atoms with E-state index in [9.17, 15) is 21.6 Å². The number of rotatable bonds is 10. The van der Waals surface area contributed by atoms with E-state index in [1.54, 1.807) is 24.3 Å². The van der Waals surface area contributed by atoms with Crippen molar-refractivity contribution >= 4 is 15.7 Å². The third kappa shape index (κ3) is 7.04. The summed E-state index contributed by atoms with van der Waals surface area (Å²) in [4.78, 5) is 0. The van der Waals surface area contributed by atoms with Gasteiger partial charge in [0.05, 0.1) is 38.3 Å². The lowest BCUT2D eigenvalue weighted by Crippen LogP contribution is -2.30. The van der Waals surface area contributed by atoms with Gasteiger partial charge in [0.25, 0.3) is 5.88 Å². The quantitative estimate of drug-likeness (QED) is 0.213. The van der Waals surface area contributed by atoms with Crippen LogP contribution in [0.3, 0.4) is 0 Å². The fraction of sp³-hybridized carbons (Fsp3) is 0.214. The van der Waals surface area contributed by atoms with Gasteiger partial charge in [0, 0.05) is 5.56 Å². The van der Waals surface area contributed by atoms with E-state index in [1.165, 1.54) is 50.6 Å². The number of ether oxygens (including phenoxy) is 3. The molecule has 1 heterocycles. The molecule has 0 atom stereocenters. The van der Waals surface area contributed by atoms with Crippen LogP contribution in [0, 0.1) is 5.82 Å². The number of sulfonamides is 1. The summed E-state index contributed by atoms with van der Waals surface area (Å²) < 4.78 is 97.3. The van der Waals surface area contributed by atoms with E-state index in [1.807, 2.05) is 0 Å². The number of anilines is 1. The Kier molecular flexibility index (Phi) is 8.66. The van der Waals surface area contributed by atoms with Crippen LogP contribution >= 0.6 is 0 Å². The second-order valence-electron chi connectivity index (χ2n) is 8.85. The van der Waals surface area contributed by atoms with Crippen molar-refractivity contribution in [3.63, 3.8) is 0 Å². The van der Waals surface area contributed by atoms with Gasteiger partial charge in [0.2, 0.25) is 10.0 Å². The van der Waals surface area contributed by atoms with Crippen molar-refractivity contribution in [2.45, 2.75) is 19.3 Å². The number of nitrogens with zero attached hydrogens (tertiary/aromatic N) is 3. The maximum Gasteiger partial charge on any atom is 0.416 e. The van der Waals surface area contributed by atoms with Crippen LogP contribution in [-0.4, -0.2) is 39.1 Å². The van der Waals surface area contributed by atoms with E-state index in [0.29, 0.717) is 11.3 Å². The SMILES string of the molecule is COc1ccc(CN(c2cc(-c3cccc(OCc4cccc(C(F)(F)F)c4)c3F)nnc2OC)S(C)(=O)=O)cc1. The smallest absolute Gasteiger partial charge is 0.416 e. The molecule has 41 heavy (non-hydrogen) atoms. The Labute approximate surface area is 234 Å². The summed E-state index contributed by atoms with van der Waals surface area (Å²) >= 11 is 0. The molecule has 4 aromatic rings. The Bertz CT molecular complexity index is 1630. The summed E-state index contributed by atoms with van der Waals surface area (Å²) in [6.45, 7) is -0.416. The van der Waals surface area contributed by atoms with Crippen LogP contribution in [0.5, 0.6) is 17.4 Å². The summed E-state index contributed by atoms with van der Waals surface area (Å²) in [5.41, 5.74) is -0.0947. The number of alkyl halides is 3. The average Bonchev–Trinajstić information content (AvgIpc) is 2.94. The molecule has 0 fully saturated rings. The Hall–Kier alpha value is -4.39. The highest BCUT2D eigenvalue weighted by molar-refractivity contribution is 7.92. The Morgan fingerprint density at radius 2 is 1.59 bits per heavy atom. The summed E-state index contributed by atoms with van der Waals surface area (Å²) in [6, 6.07) is 16.8. The molecule has 0 N–H and O–H groups in total. The summed E-state index contributed by atoms with van der Waals surface area (Å²) in [6.07, 6.45) is -3.52. The van der Waals surface area contributed by atoms with Crippen molar-refractivity contribution in [1.29, 1.82) is 0 Å². The molecule has 0 aliphatic rings. The Morgan fingerprint density at radius 3 is 2.22 bits per heavy atom. The van der Waals surface area contributed by atoms with E-state index in [4.69, 9.17) is 14.2 Å². The molecular weight excluding hydrogens is 566 g/mol. The monoisotopic (exact) mass is 591 g/mol. The molecule has 4 rings (SSSR count). The van der Waals surface area contributed by atoms with Gasteiger partial charge < -0.3 is 14.2 Å². The van der Waals surface area contributed by atoms with Gasteiger partial charge in [-0.2, -0.15) is 13.2 Å². The lowest BCUT2D eigenvalue weighted by atomic mass is 10.1. The number of hydrogen-bond donors (Lipinski definition) is 0. The topological polar surface area (TPSA) is 90.8 Å². The lowest BCUT2D eigenvalue weighted by Gasteiger charge is -2.24. The fourth-order valence-electron chi connectivity index (χ4n) is 3.92. The molecule has 0 aliphatic carbocycles. The highest BCUT2D eigenvalue weighted by Crippen LogP contribution is 2.35. The van der Waals surface area contributed by atoms with E-state index < -0.39 is 27.6 Å². The molecule has 0 saturated heterocycles. The van der Waals surface area contributed by atoms with Crippen LogP contribution in [0.25, 0.3) is 11.3 Å². The molecule has 0 amide bonds. The van der Waals surface area contributed by atoms with Crippen LogP contribution in [0.15, 0.2) is 72.8 Å². The zero-order valence-corrected chi connectivity index (χ0v) is 23.0. The van der Waals surface area contributed by atoms with Crippen LogP contribution in [0.4, 0.5) is 23.2 Å². The maximum atomic E-state index is 15.5. The molecule has 0 spiro atoms. The van der Waals surface area contributed by atoms with Gasteiger partial charge in [-0.25, -0.2) is 12.8 Å². The van der Waals surface area contributed by atoms with Gasteiger partial charge >= 0.3 is 6.18 Å². The molecule has 216 valence electrons. The molecule has 1 aromatic heterocycles. The number of halogens is 4. The molecule has 0 unspecified atom stereocenters. The van der Waals surface area contributed by atoms with Crippen molar-refractivity contribution in [3.05, 3.63) is 95.3 Å². The second-order valence-corrected chi connectivity index (χ2v) is 10.8. The van der Waals surface area contributed by atoms with E-state index in [0.717, 1.165) is 22.7 Å². The Morgan fingerprint density at radius 1 is 0.878 bits per heavy atom. The van der Waals surface area contributed by atoms with Crippen molar-refractivity contribution in [3.8, 4) is 28.6 Å². The van der Waals surface area contributed by atoms with Crippen molar-refractivity contribution in [2.24, 2.45) is 0 Å². The number of aromatic nitrogens is 2. The standard InChI is InChI=1S/C28H25F4N3O5S/c1-38-21-12-10-18(11-13-21)16-35(41(3,36)37)24-15-23(33-34-27(24)39-2)22-8-5-9-25(26(22)29)40-17-19-6-4-7-20(14-19)28(30,31)32/h4-15H,16-17H2,1-3H3. The minimum absolute atomic E-state index is 0.0190. The molecule has 0 saturated carbocycles. The largest absolute Gasteiger partial charge is 0.497 e. The fourth-order valence-corrected chi connectivity index (χ4v) is 4.79. The normalized spacial score (nSPS) is 11.7. The molecule has 13 heteroatoms. The molecule has 0 aliphatic heterocycles. The predicted molar refractivity (Wildman–Crippen MR) is 144 cm³/mol. The van der Waals surface area contributed by atoms with Gasteiger partial charge in [-0.15, -0.1) is 10.2 Å². The van der Waals surface area contributed by atoms with Crippen molar-refractivity contribution < 1.29 is 40.2 Å². The van der Waals surface area contributed by atoms with E-state index >= 15 is 4.39 Å². The van der Waals surface area contributed by atoms with Gasteiger partial charge in [-0.3, -0.25) is 4.31 Å². The van der Waals surface area contributed by atoms with Crippen LogP contribution < -0.4 is 18.5 Å². The van der Waals surface area contributed by atoms with Crippen LogP contribution in [0.1, 0.15) is 16.7 Å². The second kappa shape index (κ2) is 12.0. The molecule has 8 nitrogen and oxygen atoms in total. The summed E-state index contributed by atoms with van der Waals surface area (Å²) in [7, 11) is -1.07. The molecule has 0 radical (unpaired) electrons. The number of benzene rings is 3. The predicted octanol–water partition coefficient (Wildman–Crippen LogP) is 5.86.